The molecule has 0 spiro atoms. The Morgan fingerprint density at radius 1 is 0.931 bits per heavy atom. The lowest BCUT2D eigenvalue weighted by atomic mass is 10.2. The van der Waals surface area contributed by atoms with Crippen LogP contribution in [0.25, 0.3) is 22.7 Å². The lowest BCUT2D eigenvalue weighted by Crippen LogP contribution is -2.13. The maximum atomic E-state index is 13.8. The fourth-order valence-electron chi connectivity index (χ4n) is 2.78. The second-order valence-corrected chi connectivity index (χ2v) is 6.31. The zero-order chi connectivity index (χ0) is 20.1. The van der Waals surface area contributed by atoms with Crippen molar-refractivity contribution in [2.45, 2.75) is 12.8 Å². The van der Waals surface area contributed by atoms with Gasteiger partial charge in [-0.05, 0) is 12.1 Å². The number of halogens is 1. The van der Waals surface area contributed by atoms with Crippen molar-refractivity contribution >= 4 is 11.6 Å². The van der Waals surface area contributed by atoms with Crippen molar-refractivity contribution < 1.29 is 13.6 Å². The first kappa shape index (κ1) is 18.5. The van der Waals surface area contributed by atoms with E-state index in [2.05, 4.69) is 20.3 Å². The summed E-state index contributed by atoms with van der Waals surface area (Å²) in [6.45, 7) is 0. The second-order valence-electron chi connectivity index (χ2n) is 6.31. The van der Waals surface area contributed by atoms with Gasteiger partial charge in [-0.1, -0.05) is 42.5 Å². The molecule has 0 radical (unpaired) electrons. The van der Waals surface area contributed by atoms with Crippen LogP contribution in [0.1, 0.15) is 12.3 Å². The van der Waals surface area contributed by atoms with Crippen LogP contribution >= 0.6 is 0 Å². The summed E-state index contributed by atoms with van der Waals surface area (Å²) in [6, 6.07) is 15.9. The predicted octanol–water partition coefficient (Wildman–Crippen LogP) is 4.51. The molecule has 0 unspecified atom stereocenters. The van der Waals surface area contributed by atoms with E-state index in [1.165, 1.54) is 12.3 Å². The van der Waals surface area contributed by atoms with E-state index in [-0.39, 0.29) is 18.1 Å². The maximum Gasteiger partial charge on any atom is 0.224 e. The zero-order valence-electron chi connectivity index (χ0n) is 15.4. The van der Waals surface area contributed by atoms with E-state index in [1.807, 2.05) is 30.3 Å². The molecule has 0 aliphatic carbocycles. The number of oxazole rings is 1. The van der Waals surface area contributed by atoms with Gasteiger partial charge in [0, 0.05) is 18.4 Å². The van der Waals surface area contributed by atoms with Crippen molar-refractivity contribution in [1.29, 1.82) is 0 Å². The molecule has 6 nitrogen and oxygen atoms in total. The number of hydrogen-bond donors (Lipinski definition) is 1. The van der Waals surface area contributed by atoms with Gasteiger partial charge in [0.15, 0.2) is 17.5 Å². The molecule has 1 N–H and O–H groups in total. The fraction of sp³-hybridized carbons (Fsp3) is 0.0909. The molecule has 2 aromatic heterocycles. The topological polar surface area (TPSA) is 80.9 Å². The number of carbonyl (C=O) groups excluding carboxylic acids is 1. The molecule has 4 rings (SSSR count). The number of anilines is 1. The Morgan fingerprint density at radius 2 is 1.66 bits per heavy atom. The molecule has 0 saturated carbocycles. The smallest absolute Gasteiger partial charge is 0.224 e. The number of nitrogens with zero attached hydrogens (tertiary/aromatic N) is 3. The van der Waals surface area contributed by atoms with Gasteiger partial charge in [0.25, 0.3) is 0 Å². The number of carbonyl (C=O) groups is 1. The van der Waals surface area contributed by atoms with Crippen LogP contribution < -0.4 is 5.32 Å². The molecule has 0 fully saturated rings. The summed E-state index contributed by atoms with van der Waals surface area (Å²) in [5.74, 6) is 0.695. The van der Waals surface area contributed by atoms with Crippen LogP contribution in [0.15, 0.2) is 77.6 Å². The van der Waals surface area contributed by atoms with Gasteiger partial charge in [-0.3, -0.25) is 4.79 Å². The molecule has 0 saturated heterocycles. The first-order valence-electron chi connectivity index (χ1n) is 9.06. The zero-order valence-corrected chi connectivity index (χ0v) is 15.4. The molecular weight excluding hydrogens is 371 g/mol. The van der Waals surface area contributed by atoms with E-state index in [0.717, 1.165) is 5.56 Å². The highest BCUT2D eigenvalue weighted by atomic mass is 19.1. The van der Waals surface area contributed by atoms with Crippen LogP contribution in [0, 0.1) is 5.82 Å². The Hall–Kier alpha value is -3.87. The lowest BCUT2D eigenvalue weighted by Gasteiger charge is -2.05. The molecule has 0 bridgehead atoms. The van der Waals surface area contributed by atoms with Gasteiger partial charge < -0.3 is 9.73 Å². The molecular formula is C22H17FN4O2. The summed E-state index contributed by atoms with van der Waals surface area (Å²) in [4.78, 5) is 24.8. The highest BCUT2D eigenvalue weighted by Crippen LogP contribution is 2.23. The Labute approximate surface area is 166 Å². The van der Waals surface area contributed by atoms with Crippen molar-refractivity contribution in [3.63, 3.8) is 0 Å². The first-order valence-corrected chi connectivity index (χ1v) is 9.06. The largest absolute Gasteiger partial charge is 0.441 e. The number of hydrogen-bond acceptors (Lipinski definition) is 5. The monoisotopic (exact) mass is 388 g/mol. The number of nitrogens with one attached hydrogen (secondary N) is 1. The highest BCUT2D eigenvalue weighted by Gasteiger charge is 2.12. The Bertz CT molecular complexity index is 1110. The third kappa shape index (κ3) is 4.52. The minimum atomic E-state index is -0.383. The normalized spacial score (nSPS) is 10.7. The van der Waals surface area contributed by atoms with Gasteiger partial charge in [0.05, 0.1) is 29.8 Å². The van der Waals surface area contributed by atoms with E-state index in [0.29, 0.717) is 35.1 Å². The second kappa shape index (κ2) is 8.43. The average Bonchev–Trinajstić information content (AvgIpc) is 3.23. The summed E-state index contributed by atoms with van der Waals surface area (Å²) >= 11 is 0. The number of amides is 1. The minimum Gasteiger partial charge on any atom is -0.441 e. The van der Waals surface area contributed by atoms with Crippen LogP contribution in [0.5, 0.6) is 0 Å². The first-order chi connectivity index (χ1) is 14.2. The minimum absolute atomic E-state index is 0.164. The molecule has 2 aromatic carbocycles. The van der Waals surface area contributed by atoms with E-state index in [1.54, 1.807) is 30.6 Å². The quantitative estimate of drug-likeness (QED) is 0.526. The third-order valence-corrected chi connectivity index (χ3v) is 4.23. The number of rotatable bonds is 6. The number of benzene rings is 2. The molecule has 2 heterocycles. The van der Waals surface area contributed by atoms with Gasteiger partial charge in [-0.25, -0.2) is 19.3 Å². The summed E-state index contributed by atoms with van der Waals surface area (Å²) in [5.41, 5.74) is 1.75. The predicted molar refractivity (Wildman–Crippen MR) is 106 cm³/mol. The molecule has 1 amide bonds. The summed E-state index contributed by atoms with van der Waals surface area (Å²) in [5, 5.41) is 2.75. The van der Waals surface area contributed by atoms with Crippen LogP contribution in [0.3, 0.4) is 0 Å². The molecule has 29 heavy (non-hydrogen) atoms. The van der Waals surface area contributed by atoms with Crippen molar-refractivity contribution in [3.05, 3.63) is 84.9 Å². The summed E-state index contributed by atoms with van der Waals surface area (Å²) < 4.78 is 19.4. The molecule has 4 aromatic rings. The van der Waals surface area contributed by atoms with Crippen LogP contribution in [0.4, 0.5) is 10.1 Å². The van der Waals surface area contributed by atoms with Crippen molar-refractivity contribution in [3.8, 4) is 22.7 Å². The van der Waals surface area contributed by atoms with Crippen molar-refractivity contribution in [2.24, 2.45) is 0 Å². The van der Waals surface area contributed by atoms with Crippen molar-refractivity contribution in [2.75, 3.05) is 5.32 Å². The average molecular weight is 388 g/mol. The van der Waals surface area contributed by atoms with Gasteiger partial charge in [0.1, 0.15) is 5.82 Å². The number of aromatic nitrogens is 3. The standard InChI is InChI=1S/C22H17FN4O2/c23-18-9-5-4-8-17(18)19-14-24-21(29-19)11-10-20(28)27-16-12-25-22(26-13-16)15-6-2-1-3-7-15/h1-9,12-14H,10-11H2,(H,27,28). The Morgan fingerprint density at radius 3 is 2.41 bits per heavy atom. The summed E-state index contributed by atoms with van der Waals surface area (Å²) in [7, 11) is 0. The maximum absolute atomic E-state index is 13.8. The van der Waals surface area contributed by atoms with Gasteiger partial charge >= 0.3 is 0 Å². The van der Waals surface area contributed by atoms with Crippen molar-refractivity contribution in [1.82, 2.24) is 15.0 Å². The van der Waals surface area contributed by atoms with Gasteiger partial charge in [-0.2, -0.15) is 0 Å². The lowest BCUT2D eigenvalue weighted by molar-refractivity contribution is -0.116. The Kier molecular flexibility index (Phi) is 5.38. The number of aryl methyl sites for hydroxylation is 1. The Balaban J connectivity index is 1.33. The van der Waals surface area contributed by atoms with E-state index in [9.17, 15) is 9.18 Å². The molecule has 0 aliphatic heterocycles. The molecule has 144 valence electrons. The third-order valence-electron chi connectivity index (χ3n) is 4.23. The van der Waals surface area contributed by atoms with E-state index in [4.69, 9.17) is 4.42 Å². The van der Waals surface area contributed by atoms with Crippen LogP contribution in [0.2, 0.25) is 0 Å². The summed E-state index contributed by atoms with van der Waals surface area (Å²) in [6.07, 6.45) is 5.05. The van der Waals surface area contributed by atoms with Crippen LogP contribution in [-0.4, -0.2) is 20.9 Å². The molecule has 0 aliphatic rings. The highest BCUT2D eigenvalue weighted by molar-refractivity contribution is 5.90. The molecule has 7 heteroatoms. The SMILES string of the molecule is O=C(CCc1ncc(-c2ccccc2F)o1)Nc1cnc(-c2ccccc2)nc1. The van der Waals surface area contributed by atoms with E-state index < -0.39 is 0 Å². The van der Waals surface area contributed by atoms with Crippen LogP contribution in [-0.2, 0) is 11.2 Å². The fourth-order valence-corrected chi connectivity index (χ4v) is 2.78. The van der Waals surface area contributed by atoms with Gasteiger partial charge in [-0.15, -0.1) is 0 Å². The van der Waals surface area contributed by atoms with Gasteiger partial charge in [0.2, 0.25) is 5.91 Å². The molecule has 0 atom stereocenters. The van der Waals surface area contributed by atoms with E-state index >= 15 is 0 Å².